The van der Waals surface area contributed by atoms with Gasteiger partial charge in [0.1, 0.15) is 5.56 Å². The van der Waals surface area contributed by atoms with Crippen LogP contribution in [0, 0.1) is 6.92 Å². The van der Waals surface area contributed by atoms with E-state index in [9.17, 15) is 31.2 Å². The molecule has 9 nitrogen and oxygen atoms in total. The summed E-state index contributed by atoms with van der Waals surface area (Å²) in [4.78, 5) is 30.5. The summed E-state index contributed by atoms with van der Waals surface area (Å²) >= 11 is 0. The highest BCUT2D eigenvalue weighted by Crippen LogP contribution is 2.31. The molecule has 0 saturated heterocycles. The number of hydrogen-bond donors (Lipinski definition) is 1. The molecule has 0 radical (unpaired) electrons. The average Bonchev–Trinajstić information content (AvgIpc) is 3.37. The van der Waals surface area contributed by atoms with Crippen molar-refractivity contribution in [2.24, 2.45) is 0 Å². The number of halogens is 3. The molecule has 13 heteroatoms. The van der Waals surface area contributed by atoms with Crippen LogP contribution in [0.25, 0.3) is 17.1 Å². The van der Waals surface area contributed by atoms with Crippen molar-refractivity contribution in [2.75, 3.05) is 6.26 Å². The van der Waals surface area contributed by atoms with Gasteiger partial charge in [-0.25, -0.2) is 8.42 Å². The molecular formula is C24H19F3N4O5S. The topological polar surface area (TPSA) is 124 Å². The maximum atomic E-state index is 13.4. The molecule has 0 unspecified atom stereocenters. The van der Waals surface area contributed by atoms with E-state index in [0.717, 1.165) is 35.4 Å². The number of benzene rings is 2. The normalized spacial score (nSPS) is 11.9. The van der Waals surface area contributed by atoms with Crippen LogP contribution >= 0.6 is 0 Å². The fourth-order valence-corrected chi connectivity index (χ4v) is 4.28. The lowest BCUT2D eigenvalue weighted by Crippen LogP contribution is -2.33. The summed E-state index contributed by atoms with van der Waals surface area (Å²) in [5.41, 5.74) is -1.33. The highest BCUT2D eigenvalue weighted by molar-refractivity contribution is 7.90. The molecule has 0 aliphatic heterocycles. The van der Waals surface area contributed by atoms with Gasteiger partial charge in [0.15, 0.2) is 9.84 Å². The van der Waals surface area contributed by atoms with Crippen LogP contribution in [0.1, 0.15) is 27.2 Å². The largest absolute Gasteiger partial charge is 0.416 e. The summed E-state index contributed by atoms with van der Waals surface area (Å²) in [6.45, 7) is 1.44. The summed E-state index contributed by atoms with van der Waals surface area (Å²) in [6.07, 6.45) is -2.54. The standard InChI is InChI=1S/C24H19F3N4O5S/c1-14-19(21-29-13-36-30-21)11-20(22(32)28-12-15-6-8-18(9-7-15)37(2,34)35)23(33)31(14)17-5-3-4-16(10-17)24(25,26)27/h3-11,13H,12H2,1-2H3,(H,28,32). The summed E-state index contributed by atoms with van der Waals surface area (Å²) in [5, 5.41) is 6.30. The number of nitrogens with one attached hydrogen (secondary N) is 1. The Morgan fingerprint density at radius 1 is 1.11 bits per heavy atom. The minimum atomic E-state index is -4.65. The van der Waals surface area contributed by atoms with E-state index in [1.807, 2.05) is 0 Å². The molecule has 0 fully saturated rings. The Morgan fingerprint density at radius 2 is 1.81 bits per heavy atom. The number of rotatable bonds is 6. The first kappa shape index (κ1) is 25.8. The van der Waals surface area contributed by atoms with Crippen molar-refractivity contribution >= 4 is 15.7 Å². The molecule has 2 heterocycles. The van der Waals surface area contributed by atoms with Crippen molar-refractivity contribution in [3.05, 3.63) is 93.7 Å². The smallest absolute Gasteiger partial charge is 0.348 e. The van der Waals surface area contributed by atoms with Crippen molar-refractivity contribution in [1.29, 1.82) is 0 Å². The van der Waals surface area contributed by atoms with Gasteiger partial charge in [0.2, 0.25) is 12.2 Å². The summed E-state index contributed by atoms with van der Waals surface area (Å²) in [7, 11) is -3.39. The fraction of sp³-hybridized carbons (Fsp3) is 0.167. The van der Waals surface area contributed by atoms with E-state index >= 15 is 0 Å². The van der Waals surface area contributed by atoms with Crippen molar-refractivity contribution in [3.63, 3.8) is 0 Å². The Morgan fingerprint density at radius 3 is 2.41 bits per heavy atom. The quantitative estimate of drug-likeness (QED) is 0.403. The maximum absolute atomic E-state index is 13.4. The number of aromatic nitrogens is 3. The Balaban J connectivity index is 1.75. The van der Waals surface area contributed by atoms with E-state index in [2.05, 4.69) is 15.5 Å². The number of pyridine rings is 1. The third kappa shape index (κ3) is 5.45. The Kier molecular flexibility index (Phi) is 6.74. The number of amides is 1. The minimum absolute atomic E-state index is 0.0311. The van der Waals surface area contributed by atoms with Crippen molar-refractivity contribution in [3.8, 4) is 17.1 Å². The molecule has 0 bridgehead atoms. The van der Waals surface area contributed by atoms with Gasteiger partial charge >= 0.3 is 6.18 Å². The number of carbonyl (C=O) groups is 1. The maximum Gasteiger partial charge on any atom is 0.416 e. The zero-order valence-corrected chi connectivity index (χ0v) is 20.2. The lowest BCUT2D eigenvalue weighted by molar-refractivity contribution is -0.137. The number of alkyl halides is 3. The van der Waals surface area contributed by atoms with E-state index in [1.165, 1.54) is 43.3 Å². The van der Waals surface area contributed by atoms with Crippen molar-refractivity contribution < 1.29 is 30.9 Å². The summed E-state index contributed by atoms with van der Waals surface area (Å²) in [5.74, 6) is -0.772. The van der Waals surface area contributed by atoms with E-state index in [4.69, 9.17) is 4.52 Å². The van der Waals surface area contributed by atoms with Gasteiger partial charge in [0, 0.05) is 29.7 Å². The molecule has 2 aromatic heterocycles. The predicted octanol–water partition coefficient (Wildman–Crippen LogP) is 3.55. The van der Waals surface area contributed by atoms with Gasteiger partial charge in [-0.1, -0.05) is 23.4 Å². The lowest BCUT2D eigenvalue weighted by atomic mass is 10.1. The monoisotopic (exact) mass is 532 g/mol. The average molecular weight is 533 g/mol. The van der Waals surface area contributed by atoms with Crippen LogP contribution in [0.4, 0.5) is 13.2 Å². The highest BCUT2D eigenvalue weighted by atomic mass is 32.2. The van der Waals surface area contributed by atoms with Crippen LogP contribution < -0.4 is 10.9 Å². The Hall–Kier alpha value is -4.26. The molecule has 1 N–H and O–H groups in total. The molecule has 192 valence electrons. The van der Waals surface area contributed by atoms with Crippen LogP contribution in [-0.2, 0) is 22.6 Å². The SMILES string of the molecule is Cc1c(-c2ncon2)cc(C(=O)NCc2ccc(S(C)(=O)=O)cc2)c(=O)n1-c1cccc(C(F)(F)F)c1. The van der Waals surface area contributed by atoms with Gasteiger partial charge in [-0.15, -0.1) is 0 Å². The lowest BCUT2D eigenvalue weighted by Gasteiger charge is -2.17. The summed E-state index contributed by atoms with van der Waals surface area (Å²) < 4.78 is 69.0. The van der Waals surface area contributed by atoms with Gasteiger partial charge in [0.05, 0.1) is 10.5 Å². The molecule has 0 aliphatic rings. The van der Waals surface area contributed by atoms with Gasteiger partial charge in [0.25, 0.3) is 11.5 Å². The molecule has 4 aromatic rings. The summed E-state index contributed by atoms with van der Waals surface area (Å²) in [6, 6.07) is 11.2. The first-order valence-corrected chi connectivity index (χ1v) is 12.5. The van der Waals surface area contributed by atoms with Crippen LogP contribution in [0.15, 0.2) is 75.2 Å². The van der Waals surface area contributed by atoms with Crippen LogP contribution in [-0.4, -0.2) is 35.3 Å². The van der Waals surface area contributed by atoms with Crippen molar-refractivity contribution in [2.45, 2.75) is 24.5 Å². The number of hydrogen-bond acceptors (Lipinski definition) is 7. The third-order valence-electron chi connectivity index (χ3n) is 5.53. The molecule has 37 heavy (non-hydrogen) atoms. The predicted molar refractivity (Wildman–Crippen MR) is 126 cm³/mol. The van der Waals surface area contributed by atoms with Crippen LogP contribution in [0.2, 0.25) is 0 Å². The first-order chi connectivity index (χ1) is 17.4. The van der Waals surface area contributed by atoms with E-state index < -0.39 is 33.0 Å². The molecule has 4 rings (SSSR count). The number of nitrogens with zero attached hydrogens (tertiary/aromatic N) is 3. The van der Waals surface area contributed by atoms with Crippen molar-refractivity contribution in [1.82, 2.24) is 20.0 Å². The molecule has 0 aliphatic carbocycles. The highest BCUT2D eigenvalue weighted by Gasteiger charge is 2.31. The molecule has 1 amide bonds. The molecule has 0 saturated carbocycles. The van der Waals surface area contributed by atoms with E-state index in [-0.39, 0.29) is 39.8 Å². The Bertz CT molecular complexity index is 1630. The van der Waals surface area contributed by atoms with E-state index in [0.29, 0.717) is 5.56 Å². The van der Waals surface area contributed by atoms with Gasteiger partial charge < -0.3 is 9.84 Å². The molecule has 0 atom stereocenters. The zero-order valence-electron chi connectivity index (χ0n) is 19.4. The first-order valence-electron chi connectivity index (χ1n) is 10.6. The van der Waals surface area contributed by atoms with E-state index in [1.54, 1.807) is 0 Å². The van der Waals surface area contributed by atoms with Gasteiger partial charge in [-0.3, -0.25) is 14.2 Å². The zero-order chi connectivity index (χ0) is 27.0. The molecule has 2 aromatic carbocycles. The van der Waals surface area contributed by atoms with Gasteiger partial charge in [-0.05, 0) is 48.9 Å². The second-order valence-corrected chi connectivity index (χ2v) is 10.1. The number of carbonyl (C=O) groups excluding carboxylic acids is 1. The fourth-order valence-electron chi connectivity index (χ4n) is 3.65. The second kappa shape index (κ2) is 9.65. The second-order valence-electron chi connectivity index (χ2n) is 8.10. The Labute approximate surface area is 208 Å². The van der Waals surface area contributed by atoms with Crippen LogP contribution in [0.5, 0.6) is 0 Å². The number of sulfone groups is 1. The third-order valence-corrected chi connectivity index (χ3v) is 6.66. The van der Waals surface area contributed by atoms with Gasteiger partial charge in [-0.2, -0.15) is 18.2 Å². The molecular weight excluding hydrogens is 513 g/mol. The van der Waals surface area contributed by atoms with Crippen LogP contribution in [0.3, 0.4) is 0 Å². The molecule has 0 spiro atoms. The minimum Gasteiger partial charge on any atom is -0.348 e.